The summed E-state index contributed by atoms with van der Waals surface area (Å²) in [6, 6.07) is 11.9. The molecule has 1 aromatic carbocycles. The fourth-order valence-electron chi connectivity index (χ4n) is 2.36. The number of carbonyl (C=O) groups excluding carboxylic acids is 1. The molecule has 0 bridgehead atoms. The van der Waals surface area contributed by atoms with E-state index in [9.17, 15) is 4.79 Å². The highest BCUT2D eigenvalue weighted by Gasteiger charge is 2.16. The van der Waals surface area contributed by atoms with Gasteiger partial charge >= 0.3 is 0 Å². The number of fused-ring (bicyclic) bond motifs is 1. The van der Waals surface area contributed by atoms with Crippen LogP contribution in [-0.4, -0.2) is 21.5 Å². The van der Waals surface area contributed by atoms with E-state index in [0.717, 1.165) is 26.4 Å². The number of nitriles is 1. The van der Waals surface area contributed by atoms with Gasteiger partial charge in [-0.2, -0.15) is 5.26 Å². The van der Waals surface area contributed by atoms with Crippen molar-refractivity contribution >= 4 is 39.1 Å². The van der Waals surface area contributed by atoms with Gasteiger partial charge in [-0.15, -0.1) is 11.3 Å². The number of thioether (sulfide) groups is 1. The van der Waals surface area contributed by atoms with Crippen molar-refractivity contribution in [1.29, 1.82) is 5.26 Å². The summed E-state index contributed by atoms with van der Waals surface area (Å²) in [5.74, 6) is -0.191. The molecule has 5 nitrogen and oxygen atoms in total. The first kappa shape index (κ1) is 17.1. The maximum atomic E-state index is 12.2. The first-order valence-electron chi connectivity index (χ1n) is 7.42. The number of carbonyl (C=O) groups is 1. The van der Waals surface area contributed by atoms with Crippen LogP contribution in [0.25, 0.3) is 21.3 Å². The van der Waals surface area contributed by atoms with Crippen LogP contribution in [-0.2, 0) is 4.79 Å². The molecule has 0 aliphatic heterocycles. The van der Waals surface area contributed by atoms with E-state index in [4.69, 9.17) is 11.0 Å². The predicted molar refractivity (Wildman–Crippen MR) is 101 cm³/mol. The molecule has 0 fully saturated rings. The molecule has 2 heterocycles. The largest absolute Gasteiger partial charge is 0.401 e. The fourth-order valence-corrected chi connectivity index (χ4v) is 4.23. The van der Waals surface area contributed by atoms with Crippen LogP contribution in [0.4, 0.5) is 0 Å². The standard InChI is InChI=1S/C18H14N4OS2/c1-11(20)13(7-19)15(23)9-25-18-16-14(12-5-3-2-4-6-12)8-24-17(16)21-10-22-18/h2-6,8,10H,9,20H2,1H3. The van der Waals surface area contributed by atoms with Crippen molar-refractivity contribution in [3.63, 3.8) is 0 Å². The fraction of sp³-hybridized carbons (Fsp3) is 0.111. The average molecular weight is 366 g/mol. The van der Waals surface area contributed by atoms with Gasteiger partial charge in [0.1, 0.15) is 27.8 Å². The summed E-state index contributed by atoms with van der Waals surface area (Å²) >= 11 is 2.84. The number of Topliss-reactive ketones (excluding diaryl/α,β-unsaturated/α-hetero) is 1. The van der Waals surface area contributed by atoms with Crippen LogP contribution in [0.3, 0.4) is 0 Å². The van der Waals surface area contributed by atoms with Crippen molar-refractivity contribution in [2.45, 2.75) is 11.9 Å². The molecule has 2 N–H and O–H groups in total. The number of thiophene rings is 1. The van der Waals surface area contributed by atoms with Crippen LogP contribution in [0.1, 0.15) is 6.92 Å². The maximum Gasteiger partial charge on any atom is 0.185 e. The highest BCUT2D eigenvalue weighted by Crippen LogP contribution is 2.37. The molecule has 2 aromatic heterocycles. The number of nitrogens with two attached hydrogens (primary N) is 1. The van der Waals surface area contributed by atoms with Crippen molar-refractivity contribution in [3.8, 4) is 17.2 Å². The Morgan fingerprint density at radius 2 is 2.08 bits per heavy atom. The third kappa shape index (κ3) is 3.55. The Kier molecular flexibility index (Phi) is 5.12. The zero-order chi connectivity index (χ0) is 17.8. The van der Waals surface area contributed by atoms with Crippen LogP contribution in [0.5, 0.6) is 0 Å². The van der Waals surface area contributed by atoms with E-state index >= 15 is 0 Å². The van der Waals surface area contributed by atoms with Crippen molar-refractivity contribution in [2.75, 3.05) is 5.75 Å². The summed E-state index contributed by atoms with van der Waals surface area (Å²) in [6.07, 6.45) is 1.50. The molecule has 25 heavy (non-hydrogen) atoms. The zero-order valence-electron chi connectivity index (χ0n) is 13.4. The highest BCUT2D eigenvalue weighted by atomic mass is 32.2. The Hall–Kier alpha value is -2.69. The summed E-state index contributed by atoms with van der Waals surface area (Å²) in [5, 5.41) is 12.8. The molecule has 0 amide bonds. The van der Waals surface area contributed by atoms with Crippen LogP contribution in [0, 0.1) is 11.3 Å². The van der Waals surface area contributed by atoms with Gasteiger partial charge in [0.15, 0.2) is 5.78 Å². The van der Waals surface area contributed by atoms with Crippen LogP contribution in [0.15, 0.2) is 58.3 Å². The SMILES string of the molecule is CC(N)=C(C#N)C(=O)CSc1ncnc2scc(-c3ccccc3)c12. The third-order valence-corrected chi connectivity index (χ3v) is 5.42. The Labute approximate surface area is 153 Å². The number of benzene rings is 1. The lowest BCUT2D eigenvalue weighted by atomic mass is 10.1. The van der Waals surface area contributed by atoms with Gasteiger partial charge in [-0.3, -0.25) is 4.79 Å². The molecule has 0 unspecified atom stereocenters. The van der Waals surface area contributed by atoms with Gasteiger partial charge in [0.05, 0.1) is 11.1 Å². The molecule has 0 atom stereocenters. The van der Waals surface area contributed by atoms with Gasteiger partial charge in [0, 0.05) is 16.6 Å². The molecule has 7 heteroatoms. The lowest BCUT2D eigenvalue weighted by molar-refractivity contribution is -0.112. The molecular weight excluding hydrogens is 352 g/mol. The zero-order valence-corrected chi connectivity index (χ0v) is 15.0. The van der Waals surface area contributed by atoms with Crippen molar-refractivity contribution in [2.24, 2.45) is 5.73 Å². The third-order valence-electron chi connectivity index (χ3n) is 3.55. The van der Waals surface area contributed by atoms with Crippen LogP contribution >= 0.6 is 23.1 Å². The van der Waals surface area contributed by atoms with Crippen LogP contribution in [0.2, 0.25) is 0 Å². The number of ketones is 1. The van der Waals surface area contributed by atoms with E-state index in [2.05, 4.69) is 9.97 Å². The minimum atomic E-state index is -0.296. The monoisotopic (exact) mass is 366 g/mol. The molecule has 0 saturated carbocycles. The van der Waals surface area contributed by atoms with Gasteiger partial charge in [-0.25, -0.2) is 9.97 Å². The van der Waals surface area contributed by atoms with Crippen molar-refractivity contribution < 1.29 is 4.79 Å². The number of hydrogen-bond donors (Lipinski definition) is 1. The first-order chi connectivity index (χ1) is 12.1. The normalized spacial score (nSPS) is 11.8. The number of hydrogen-bond acceptors (Lipinski definition) is 7. The van der Waals surface area contributed by atoms with Gasteiger partial charge in [-0.05, 0) is 12.5 Å². The topological polar surface area (TPSA) is 92.7 Å². The molecule has 0 radical (unpaired) electrons. The summed E-state index contributed by atoms with van der Waals surface area (Å²) < 4.78 is 0. The van der Waals surface area contributed by atoms with Gasteiger partial charge in [0.25, 0.3) is 0 Å². The van der Waals surface area contributed by atoms with Gasteiger partial charge in [-0.1, -0.05) is 42.1 Å². The minimum Gasteiger partial charge on any atom is -0.401 e. The number of rotatable bonds is 5. The van der Waals surface area contributed by atoms with E-state index in [1.165, 1.54) is 18.1 Å². The van der Waals surface area contributed by atoms with Crippen molar-refractivity contribution in [1.82, 2.24) is 9.97 Å². The first-order valence-corrected chi connectivity index (χ1v) is 9.28. The molecule has 0 aliphatic carbocycles. The average Bonchev–Trinajstić information content (AvgIpc) is 3.05. The van der Waals surface area contributed by atoms with E-state index < -0.39 is 0 Å². The lowest BCUT2D eigenvalue weighted by Crippen LogP contribution is -2.10. The molecule has 0 saturated heterocycles. The van der Waals surface area contributed by atoms with E-state index in [0.29, 0.717) is 0 Å². The predicted octanol–water partition coefficient (Wildman–Crippen LogP) is 3.78. The molecule has 124 valence electrons. The quantitative estimate of drug-likeness (QED) is 0.320. The van der Waals surface area contributed by atoms with E-state index in [1.54, 1.807) is 18.3 Å². The van der Waals surface area contributed by atoms with Crippen molar-refractivity contribution in [3.05, 3.63) is 53.3 Å². The lowest BCUT2D eigenvalue weighted by Gasteiger charge is -2.05. The molecular formula is C18H14N4OS2. The second-order valence-electron chi connectivity index (χ2n) is 5.26. The Morgan fingerprint density at radius 1 is 1.32 bits per heavy atom. The summed E-state index contributed by atoms with van der Waals surface area (Å²) in [6.45, 7) is 1.55. The maximum absolute atomic E-state index is 12.2. The van der Waals surface area contributed by atoms with E-state index in [1.807, 2.05) is 41.8 Å². The second kappa shape index (κ2) is 7.47. The van der Waals surface area contributed by atoms with Gasteiger partial charge in [0.2, 0.25) is 0 Å². The Morgan fingerprint density at radius 3 is 2.76 bits per heavy atom. The molecule has 3 aromatic rings. The Balaban J connectivity index is 1.95. The molecule has 0 spiro atoms. The van der Waals surface area contributed by atoms with Crippen LogP contribution < -0.4 is 5.73 Å². The number of nitrogens with zero attached hydrogens (tertiary/aromatic N) is 3. The second-order valence-corrected chi connectivity index (χ2v) is 7.08. The summed E-state index contributed by atoms with van der Waals surface area (Å²) in [5.41, 5.74) is 7.96. The summed E-state index contributed by atoms with van der Waals surface area (Å²) in [4.78, 5) is 21.7. The summed E-state index contributed by atoms with van der Waals surface area (Å²) in [7, 11) is 0. The van der Waals surface area contributed by atoms with E-state index in [-0.39, 0.29) is 22.8 Å². The molecule has 0 aliphatic rings. The number of allylic oxidation sites excluding steroid dienone is 2. The smallest absolute Gasteiger partial charge is 0.185 e. The minimum absolute atomic E-state index is 0.00593. The number of aromatic nitrogens is 2. The molecule has 3 rings (SSSR count). The van der Waals surface area contributed by atoms with Gasteiger partial charge < -0.3 is 5.73 Å². The highest BCUT2D eigenvalue weighted by molar-refractivity contribution is 8.00. The Bertz CT molecular complexity index is 999.